The zero-order chi connectivity index (χ0) is 14.2. The van der Waals surface area contributed by atoms with Crippen LogP contribution in [0.4, 0.5) is 5.00 Å². The molecule has 1 aromatic heterocycles. The first-order valence-electron chi connectivity index (χ1n) is 5.09. The quantitative estimate of drug-likeness (QED) is 0.888. The number of aromatic nitrogens is 1. The molecule has 0 aliphatic heterocycles. The van der Waals surface area contributed by atoms with Gasteiger partial charge in [-0.1, -0.05) is 23.5 Å². The molecule has 0 bridgehead atoms. The van der Waals surface area contributed by atoms with Gasteiger partial charge in [-0.15, -0.1) is 0 Å². The maximum atomic E-state index is 11.3. The van der Waals surface area contributed by atoms with Crippen molar-refractivity contribution >= 4 is 32.1 Å². The molecule has 6 nitrogen and oxygen atoms in total. The Morgan fingerprint density at radius 1 is 1.32 bits per heavy atom. The lowest BCUT2D eigenvalue weighted by atomic mass is 10.2. The second-order valence-corrected chi connectivity index (χ2v) is 6.88. The van der Waals surface area contributed by atoms with E-state index in [0.29, 0.717) is 10.6 Å². The number of carboxylic acids is 1. The van der Waals surface area contributed by atoms with Gasteiger partial charge in [-0.3, -0.25) is 0 Å². The lowest BCUT2D eigenvalue weighted by Gasteiger charge is -1.99. The first-order valence-corrected chi connectivity index (χ1v) is 7.80. The van der Waals surface area contributed by atoms with Gasteiger partial charge in [0, 0.05) is 11.8 Å². The summed E-state index contributed by atoms with van der Waals surface area (Å²) >= 11 is 1.05. The van der Waals surface area contributed by atoms with Gasteiger partial charge in [0.1, 0.15) is 10.0 Å². The third-order valence-corrected chi connectivity index (χ3v) is 4.45. The van der Waals surface area contributed by atoms with Crippen LogP contribution >= 0.6 is 11.3 Å². The molecule has 0 unspecified atom stereocenters. The molecule has 0 radical (unpaired) electrons. The first kappa shape index (κ1) is 13.5. The second-order valence-electron chi connectivity index (χ2n) is 3.83. The van der Waals surface area contributed by atoms with Crippen LogP contribution in [0.15, 0.2) is 29.2 Å². The predicted molar refractivity (Wildman–Crippen MR) is 72.0 cm³/mol. The molecule has 2 aromatic rings. The number of nitrogens with two attached hydrogens (primary N) is 1. The van der Waals surface area contributed by atoms with Crippen molar-refractivity contribution in [2.24, 2.45) is 0 Å². The van der Waals surface area contributed by atoms with Crippen LogP contribution in [-0.2, 0) is 9.84 Å². The summed E-state index contributed by atoms with van der Waals surface area (Å²) in [7, 11) is -3.25. The fourth-order valence-electron chi connectivity index (χ4n) is 1.45. The number of benzene rings is 1. The van der Waals surface area contributed by atoms with Gasteiger partial charge in [0.05, 0.1) is 4.90 Å². The Morgan fingerprint density at radius 2 is 1.89 bits per heavy atom. The number of aromatic carboxylic acids is 1. The number of nitrogens with zero attached hydrogens (tertiary/aromatic N) is 1. The fourth-order valence-corrected chi connectivity index (χ4v) is 2.91. The monoisotopic (exact) mass is 298 g/mol. The minimum Gasteiger partial charge on any atom is -0.476 e. The van der Waals surface area contributed by atoms with Crippen molar-refractivity contribution in [3.05, 3.63) is 30.0 Å². The van der Waals surface area contributed by atoms with Crippen molar-refractivity contribution in [1.82, 2.24) is 4.98 Å². The van der Waals surface area contributed by atoms with Gasteiger partial charge in [0.25, 0.3) is 0 Å². The molecule has 0 saturated carbocycles. The lowest BCUT2D eigenvalue weighted by molar-refractivity contribution is 0.0692. The van der Waals surface area contributed by atoms with E-state index in [1.165, 1.54) is 12.1 Å². The zero-order valence-corrected chi connectivity index (χ0v) is 11.5. The van der Waals surface area contributed by atoms with Crippen molar-refractivity contribution in [3.8, 4) is 10.6 Å². The van der Waals surface area contributed by atoms with Crippen LogP contribution in [0.2, 0.25) is 0 Å². The van der Waals surface area contributed by atoms with Crippen molar-refractivity contribution in [2.75, 3.05) is 12.0 Å². The summed E-state index contributed by atoms with van der Waals surface area (Å²) in [6, 6.07) is 6.03. The van der Waals surface area contributed by atoms with Crippen molar-refractivity contribution in [1.29, 1.82) is 0 Å². The predicted octanol–water partition coefficient (Wildman–Crippen LogP) is 1.49. The second kappa shape index (κ2) is 4.63. The summed E-state index contributed by atoms with van der Waals surface area (Å²) in [5, 5.41) is 9.42. The maximum absolute atomic E-state index is 11.3. The molecular weight excluding hydrogens is 288 g/mol. The van der Waals surface area contributed by atoms with E-state index in [1.807, 2.05) is 0 Å². The molecule has 1 heterocycles. The van der Waals surface area contributed by atoms with Crippen LogP contribution in [0.1, 0.15) is 10.5 Å². The van der Waals surface area contributed by atoms with Crippen LogP contribution in [0.25, 0.3) is 10.6 Å². The number of carboxylic acid groups (broad SMARTS) is 1. The number of hydrogen-bond acceptors (Lipinski definition) is 6. The number of nitrogen functional groups attached to an aromatic ring is 1. The van der Waals surface area contributed by atoms with E-state index < -0.39 is 15.8 Å². The summed E-state index contributed by atoms with van der Waals surface area (Å²) in [6.07, 6.45) is 1.12. The number of thiazole rings is 1. The Hall–Kier alpha value is -1.93. The Bertz CT molecular complexity index is 733. The molecule has 0 fully saturated rings. The van der Waals surface area contributed by atoms with E-state index in [1.54, 1.807) is 12.1 Å². The average molecular weight is 298 g/mol. The number of anilines is 1. The third kappa shape index (κ3) is 2.74. The van der Waals surface area contributed by atoms with Crippen LogP contribution < -0.4 is 5.73 Å². The molecule has 0 saturated heterocycles. The van der Waals surface area contributed by atoms with Crippen molar-refractivity contribution in [3.63, 3.8) is 0 Å². The Labute approximate surface area is 113 Å². The highest BCUT2D eigenvalue weighted by atomic mass is 32.2. The number of sulfone groups is 1. The number of rotatable bonds is 3. The minimum atomic E-state index is -3.25. The van der Waals surface area contributed by atoms with Gasteiger partial charge in [-0.25, -0.2) is 18.2 Å². The summed E-state index contributed by atoms with van der Waals surface area (Å²) in [5.74, 6) is -1.19. The van der Waals surface area contributed by atoms with Gasteiger partial charge >= 0.3 is 5.97 Å². The van der Waals surface area contributed by atoms with E-state index in [0.717, 1.165) is 17.6 Å². The Morgan fingerprint density at radius 3 is 2.32 bits per heavy atom. The number of carbonyl (C=O) groups is 1. The van der Waals surface area contributed by atoms with Crippen LogP contribution in [-0.4, -0.2) is 30.7 Å². The number of hydrogen-bond donors (Lipinski definition) is 2. The largest absolute Gasteiger partial charge is 0.476 e. The molecule has 0 amide bonds. The SMILES string of the molecule is CS(=O)(=O)c1ccc(-c2nc(C(=O)O)c(N)s2)cc1. The van der Waals surface area contributed by atoms with E-state index in [4.69, 9.17) is 10.8 Å². The van der Waals surface area contributed by atoms with Gasteiger partial charge in [0.2, 0.25) is 0 Å². The molecular formula is C11H10N2O4S2. The van der Waals surface area contributed by atoms with E-state index in [2.05, 4.69) is 4.98 Å². The smallest absolute Gasteiger partial charge is 0.357 e. The van der Waals surface area contributed by atoms with Gasteiger partial charge < -0.3 is 10.8 Å². The zero-order valence-electron chi connectivity index (χ0n) is 9.82. The molecule has 3 N–H and O–H groups in total. The van der Waals surface area contributed by atoms with Crippen LogP contribution in [0.3, 0.4) is 0 Å². The van der Waals surface area contributed by atoms with E-state index in [9.17, 15) is 13.2 Å². The van der Waals surface area contributed by atoms with Crippen LogP contribution in [0.5, 0.6) is 0 Å². The highest BCUT2D eigenvalue weighted by molar-refractivity contribution is 7.90. The average Bonchev–Trinajstić information content (AvgIpc) is 2.70. The van der Waals surface area contributed by atoms with Crippen molar-refractivity contribution in [2.45, 2.75) is 4.90 Å². The summed E-state index contributed by atoms with van der Waals surface area (Å²) < 4.78 is 22.6. The first-order chi connectivity index (χ1) is 8.79. The standard InChI is InChI=1S/C11H10N2O4S2/c1-19(16,17)7-4-2-6(3-5-7)10-13-8(11(14)15)9(12)18-10/h2-5H,12H2,1H3,(H,14,15). The molecule has 0 spiro atoms. The van der Waals surface area contributed by atoms with Gasteiger partial charge in [0.15, 0.2) is 15.5 Å². The normalized spacial score (nSPS) is 11.4. The molecule has 0 aliphatic carbocycles. The molecule has 19 heavy (non-hydrogen) atoms. The molecule has 8 heteroatoms. The third-order valence-electron chi connectivity index (χ3n) is 2.39. The topological polar surface area (TPSA) is 110 Å². The maximum Gasteiger partial charge on any atom is 0.357 e. The Balaban J connectivity index is 2.43. The lowest BCUT2D eigenvalue weighted by Crippen LogP contribution is -2.00. The van der Waals surface area contributed by atoms with Gasteiger partial charge in [-0.05, 0) is 12.1 Å². The molecule has 2 rings (SSSR count). The Kier molecular flexibility index (Phi) is 3.29. The van der Waals surface area contributed by atoms with Gasteiger partial charge in [-0.2, -0.15) is 0 Å². The molecule has 1 aromatic carbocycles. The summed E-state index contributed by atoms with van der Waals surface area (Å²) in [6.45, 7) is 0. The molecule has 0 aliphatic rings. The van der Waals surface area contributed by atoms with Crippen LogP contribution in [0, 0.1) is 0 Å². The van der Waals surface area contributed by atoms with Crippen molar-refractivity contribution < 1.29 is 18.3 Å². The highest BCUT2D eigenvalue weighted by Gasteiger charge is 2.16. The highest BCUT2D eigenvalue weighted by Crippen LogP contribution is 2.30. The van der Waals surface area contributed by atoms with E-state index >= 15 is 0 Å². The van der Waals surface area contributed by atoms with E-state index in [-0.39, 0.29) is 15.6 Å². The minimum absolute atomic E-state index is 0.120. The molecule has 0 atom stereocenters. The molecule has 100 valence electrons. The summed E-state index contributed by atoms with van der Waals surface area (Å²) in [5.41, 5.74) is 5.99. The summed E-state index contributed by atoms with van der Waals surface area (Å²) in [4.78, 5) is 14.9. The fraction of sp³-hybridized carbons (Fsp3) is 0.0909.